The number of benzene rings is 2. The highest BCUT2D eigenvalue weighted by Gasteiger charge is 2.38. The Bertz CT molecular complexity index is 1050. The number of non-ortho nitro benzene ring substituents is 1. The van der Waals surface area contributed by atoms with Gasteiger partial charge in [-0.05, 0) is 47.1 Å². The lowest BCUT2D eigenvalue weighted by atomic mass is 10.0. The first-order chi connectivity index (χ1) is 12.6. The first-order valence-corrected chi connectivity index (χ1v) is 10.6. The summed E-state index contributed by atoms with van der Waals surface area (Å²) in [4.78, 5) is 10.1. The van der Waals surface area contributed by atoms with Crippen molar-refractivity contribution in [2.45, 2.75) is 24.3 Å². The van der Waals surface area contributed by atoms with Crippen molar-refractivity contribution in [3.8, 4) is 5.75 Å². The predicted octanol–water partition coefficient (Wildman–Crippen LogP) is 4.34. The second-order valence-electron chi connectivity index (χ2n) is 5.91. The number of nitro groups is 1. The van der Waals surface area contributed by atoms with E-state index in [9.17, 15) is 23.6 Å². The van der Waals surface area contributed by atoms with E-state index in [1.54, 1.807) is 19.1 Å². The predicted molar refractivity (Wildman–Crippen MR) is 106 cm³/mol. The number of sulfonamides is 1. The summed E-state index contributed by atoms with van der Waals surface area (Å²) < 4.78 is 28.2. The van der Waals surface area contributed by atoms with Crippen LogP contribution in [0, 0.1) is 10.1 Å². The maximum atomic E-state index is 13.1. The molecule has 11 heteroatoms. The Kier molecular flexibility index (Phi) is 5.28. The Morgan fingerprint density at radius 1 is 1.26 bits per heavy atom. The summed E-state index contributed by atoms with van der Waals surface area (Å²) >= 11 is 6.58. The van der Waals surface area contributed by atoms with Crippen LogP contribution in [0.2, 0.25) is 0 Å². The van der Waals surface area contributed by atoms with Crippen molar-refractivity contribution in [1.82, 2.24) is 4.41 Å². The van der Waals surface area contributed by atoms with Crippen molar-refractivity contribution < 1.29 is 18.4 Å². The van der Waals surface area contributed by atoms with Gasteiger partial charge in [-0.2, -0.15) is 17.9 Å². The molecule has 0 radical (unpaired) electrons. The number of hydrogen-bond donors (Lipinski definition) is 1. The van der Waals surface area contributed by atoms with Gasteiger partial charge in [0.25, 0.3) is 15.7 Å². The Morgan fingerprint density at radius 2 is 1.89 bits per heavy atom. The molecule has 142 valence electrons. The molecule has 0 amide bonds. The molecule has 3 rings (SSSR count). The van der Waals surface area contributed by atoms with E-state index in [-0.39, 0.29) is 16.3 Å². The average molecular weight is 519 g/mol. The Morgan fingerprint density at radius 3 is 2.48 bits per heavy atom. The van der Waals surface area contributed by atoms with E-state index in [2.05, 4.69) is 37.0 Å². The number of aromatic hydroxyl groups is 1. The highest BCUT2D eigenvalue weighted by atomic mass is 79.9. The zero-order valence-corrected chi connectivity index (χ0v) is 17.8. The third-order valence-corrected chi connectivity index (χ3v) is 6.79. The van der Waals surface area contributed by atoms with Gasteiger partial charge >= 0.3 is 0 Å². The Balaban J connectivity index is 2.06. The number of nitrogens with zero attached hydrogens (tertiary/aromatic N) is 3. The van der Waals surface area contributed by atoms with E-state index in [1.165, 1.54) is 12.1 Å². The minimum atomic E-state index is -4.07. The summed E-state index contributed by atoms with van der Waals surface area (Å²) in [5, 5.41) is 25.3. The van der Waals surface area contributed by atoms with Crippen LogP contribution in [0.3, 0.4) is 0 Å². The molecule has 8 nitrogen and oxygen atoms in total. The van der Waals surface area contributed by atoms with Gasteiger partial charge in [-0.25, -0.2) is 0 Å². The van der Waals surface area contributed by atoms with Crippen molar-refractivity contribution in [3.05, 3.63) is 61.0 Å². The van der Waals surface area contributed by atoms with Gasteiger partial charge in [0.15, 0.2) is 0 Å². The minimum absolute atomic E-state index is 0.0722. The largest absolute Gasteiger partial charge is 0.506 e. The third-order valence-electron chi connectivity index (χ3n) is 4.03. The second kappa shape index (κ2) is 7.21. The molecule has 0 aromatic heterocycles. The van der Waals surface area contributed by atoms with E-state index in [0.29, 0.717) is 26.6 Å². The Hall–Kier alpha value is -1.98. The first-order valence-electron chi connectivity index (χ1n) is 7.62. The van der Waals surface area contributed by atoms with E-state index in [0.717, 1.165) is 16.5 Å². The maximum Gasteiger partial charge on any atom is 0.279 e. The average Bonchev–Trinajstić information content (AvgIpc) is 3.00. The normalized spacial score (nSPS) is 17.1. The molecule has 1 atom stereocenters. The quantitative estimate of drug-likeness (QED) is 0.477. The zero-order chi connectivity index (χ0) is 19.9. The van der Waals surface area contributed by atoms with Crippen molar-refractivity contribution in [2.24, 2.45) is 5.10 Å². The smallest absolute Gasteiger partial charge is 0.279 e. The van der Waals surface area contributed by atoms with Crippen LogP contribution in [0.15, 0.2) is 55.3 Å². The van der Waals surface area contributed by atoms with Crippen molar-refractivity contribution in [3.63, 3.8) is 0 Å². The monoisotopic (exact) mass is 517 g/mol. The lowest BCUT2D eigenvalue weighted by molar-refractivity contribution is -0.384. The van der Waals surface area contributed by atoms with E-state index < -0.39 is 21.0 Å². The van der Waals surface area contributed by atoms with Crippen LogP contribution in [0.1, 0.15) is 24.9 Å². The number of hydrogen-bond acceptors (Lipinski definition) is 6. The van der Waals surface area contributed by atoms with Gasteiger partial charge in [0.1, 0.15) is 5.75 Å². The van der Waals surface area contributed by atoms with E-state index in [1.807, 2.05) is 0 Å². The van der Waals surface area contributed by atoms with Crippen molar-refractivity contribution in [1.29, 1.82) is 0 Å². The zero-order valence-electron chi connectivity index (χ0n) is 13.8. The molecule has 0 saturated carbocycles. The SMILES string of the molecule is CC1=NN(S(=O)(=O)c2ccc([N+](=O)[O-])cc2)C(c2cc(Br)cc(Br)c2O)C1. The molecule has 2 aromatic rings. The van der Waals surface area contributed by atoms with Gasteiger partial charge in [0.2, 0.25) is 0 Å². The summed E-state index contributed by atoms with van der Waals surface area (Å²) in [6.07, 6.45) is 0.308. The van der Waals surface area contributed by atoms with Gasteiger partial charge in [-0.15, -0.1) is 0 Å². The molecule has 2 aromatic carbocycles. The molecular weight excluding hydrogens is 506 g/mol. The summed E-state index contributed by atoms with van der Waals surface area (Å²) in [7, 11) is -4.07. The number of rotatable bonds is 4. The van der Waals surface area contributed by atoms with Crippen LogP contribution in [0.25, 0.3) is 0 Å². The number of phenolic OH excluding ortho intramolecular Hbond substituents is 1. The van der Waals surface area contributed by atoms with Crippen LogP contribution in [-0.2, 0) is 10.0 Å². The van der Waals surface area contributed by atoms with Crippen LogP contribution in [-0.4, -0.2) is 28.6 Å². The number of phenols is 1. The number of halogens is 2. The molecule has 0 spiro atoms. The molecule has 0 fully saturated rings. The van der Waals surface area contributed by atoms with Crippen LogP contribution < -0.4 is 0 Å². The highest BCUT2D eigenvalue weighted by Crippen LogP contribution is 2.43. The summed E-state index contributed by atoms with van der Waals surface area (Å²) in [6.45, 7) is 1.70. The van der Waals surface area contributed by atoms with Gasteiger partial charge in [0, 0.05) is 34.3 Å². The fourth-order valence-corrected chi connectivity index (χ4v) is 5.50. The molecule has 27 heavy (non-hydrogen) atoms. The van der Waals surface area contributed by atoms with Crippen molar-refractivity contribution in [2.75, 3.05) is 0 Å². The van der Waals surface area contributed by atoms with E-state index >= 15 is 0 Å². The van der Waals surface area contributed by atoms with E-state index in [4.69, 9.17) is 0 Å². The second-order valence-corrected chi connectivity index (χ2v) is 9.47. The molecule has 0 bridgehead atoms. The third kappa shape index (κ3) is 3.71. The molecule has 1 N–H and O–H groups in total. The fraction of sp³-hybridized carbons (Fsp3) is 0.188. The molecule has 1 aliphatic rings. The number of nitro benzene ring substituents is 1. The van der Waals surface area contributed by atoms with Crippen LogP contribution in [0.5, 0.6) is 5.75 Å². The standard InChI is InChI=1S/C16H13Br2N3O5S/c1-9-6-15(13-7-10(17)8-14(18)16(13)22)20(19-9)27(25,26)12-4-2-11(3-5-12)21(23)24/h2-5,7-8,15,22H,6H2,1H3. The molecule has 1 unspecified atom stereocenters. The van der Waals surface area contributed by atoms with Gasteiger partial charge in [-0.1, -0.05) is 15.9 Å². The molecule has 1 heterocycles. The topological polar surface area (TPSA) is 113 Å². The summed E-state index contributed by atoms with van der Waals surface area (Å²) in [6, 6.07) is 7.14. The van der Waals surface area contributed by atoms with Gasteiger partial charge in [0.05, 0.1) is 20.3 Å². The maximum absolute atomic E-state index is 13.1. The fourth-order valence-electron chi connectivity index (χ4n) is 2.77. The van der Waals surface area contributed by atoms with Crippen LogP contribution in [0.4, 0.5) is 5.69 Å². The van der Waals surface area contributed by atoms with Crippen LogP contribution >= 0.6 is 31.9 Å². The summed E-state index contributed by atoms with van der Waals surface area (Å²) in [5.74, 6) is -0.0722. The molecular formula is C16H13Br2N3O5S. The molecule has 0 saturated heterocycles. The van der Waals surface area contributed by atoms with Crippen molar-refractivity contribution >= 4 is 53.3 Å². The highest BCUT2D eigenvalue weighted by molar-refractivity contribution is 9.11. The van der Waals surface area contributed by atoms with Gasteiger partial charge < -0.3 is 5.11 Å². The lowest BCUT2D eigenvalue weighted by Gasteiger charge is -2.24. The summed E-state index contributed by atoms with van der Waals surface area (Å²) in [5.41, 5.74) is 0.767. The minimum Gasteiger partial charge on any atom is -0.506 e. The first kappa shape index (κ1) is 19.8. The lowest BCUT2D eigenvalue weighted by Crippen LogP contribution is -2.27. The van der Waals surface area contributed by atoms with Gasteiger partial charge in [-0.3, -0.25) is 10.1 Å². The Labute approximate surface area is 172 Å². The molecule has 0 aliphatic carbocycles. The number of hydrazone groups is 1. The molecule has 1 aliphatic heterocycles.